The zero-order valence-corrected chi connectivity index (χ0v) is 12.4. The van der Waals surface area contributed by atoms with Crippen molar-refractivity contribution >= 4 is 37.6 Å². The molecular formula is C12H14Br2O2. The van der Waals surface area contributed by atoms with Crippen LogP contribution in [-0.2, 0) is 4.79 Å². The smallest absolute Gasteiger partial charge is 0.126 e. The Bertz CT molecular complexity index is 362. The highest BCUT2D eigenvalue weighted by molar-refractivity contribution is 9.12. The number of Topliss-reactive ketones (excluding diaryl/α,β-unsaturated/α-hetero) is 1. The van der Waals surface area contributed by atoms with E-state index in [1.807, 2.05) is 18.2 Å². The Morgan fingerprint density at radius 3 is 2.50 bits per heavy atom. The van der Waals surface area contributed by atoms with Crippen molar-refractivity contribution in [3.05, 3.63) is 29.8 Å². The van der Waals surface area contributed by atoms with E-state index in [1.165, 1.54) is 19.4 Å². The van der Waals surface area contributed by atoms with Gasteiger partial charge in [-0.25, -0.2) is 0 Å². The predicted molar refractivity (Wildman–Crippen MR) is 72.7 cm³/mol. The van der Waals surface area contributed by atoms with Gasteiger partial charge in [0.1, 0.15) is 18.1 Å². The number of ketones is 1. The van der Waals surface area contributed by atoms with Crippen molar-refractivity contribution < 1.29 is 9.53 Å². The van der Waals surface area contributed by atoms with Crippen molar-refractivity contribution in [1.29, 1.82) is 0 Å². The predicted octanol–water partition coefficient (Wildman–Crippen LogP) is 3.87. The van der Waals surface area contributed by atoms with Crippen molar-refractivity contribution in [2.75, 3.05) is 6.61 Å². The Morgan fingerprint density at radius 1 is 1.31 bits per heavy atom. The van der Waals surface area contributed by atoms with E-state index in [4.69, 9.17) is 4.74 Å². The molecule has 0 saturated heterocycles. The monoisotopic (exact) mass is 348 g/mol. The fourth-order valence-electron chi connectivity index (χ4n) is 1.29. The van der Waals surface area contributed by atoms with E-state index in [-0.39, 0.29) is 5.78 Å². The molecule has 1 aromatic carbocycles. The van der Waals surface area contributed by atoms with E-state index >= 15 is 0 Å². The summed E-state index contributed by atoms with van der Waals surface area (Å²) < 4.78 is 5.53. The Kier molecular flexibility index (Phi) is 5.49. The molecule has 2 unspecified atom stereocenters. The number of benzene rings is 1. The largest absolute Gasteiger partial charge is 0.492 e. The molecule has 0 spiro atoms. The van der Waals surface area contributed by atoms with Crippen LogP contribution < -0.4 is 4.74 Å². The second-order valence-electron chi connectivity index (χ2n) is 3.67. The molecule has 0 radical (unpaired) electrons. The summed E-state index contributed by atoms with van der Waals surface area (Å²) in [5, 5.41) is 0. The highest BCUT2D eigenvalue weighted by Gasteiger charge is 2.26. The van der Waals surface area contributed by atoms with E-state index in [0.29, 0.717) is 9.65 Å². The fourth-order valence-corrected chi connectivity index (χ4v) is 2.24. The van der Waals surface area contributed by atoms with Crippen LogP contribution >= 0.6 is 31.9 Å². The van der Waals surface area contributed by atoms with Crippen LogP contribution in [0.4, 0.5) is 0 Å². The maximum absolute atomic E-state index is 9.44. The van der Waals surface area contributed by atoms with E-state index < -0.39 is 0 Å². The molecule has 0 amide bonds. The molecule has 0 aliphatic carbocycles. The van der Waals surface area contributed by atoms with Gasteiger partial charge in [0, 0.05) is 5.56 Å². The van der Waals surface area contributed by atoms with Crippen molar-refractivity contribution in [3.8, 4) is 5.75 Å². The van der Waals surface area contributed by atoms with Crippen molar-refractivity contribution in [1.82, 2.24) is 0 Å². The van der Waals surface area contributed by atoms with Gasteiger partial charge in [-0.2, -0.15) is 0 Å². The SMILES string of the molecule is BrC1COc2ccccc2C1Br.CC(C)=O. The number of hydrogen-bond acceptors (Lipinski definition) is 2. The molecule has 0 aromatic heterocycles. The summed E-state index contributed by atoms with van der Waals surface area (Å²) in [6.07, 6.45) is 0. The molecule has 0 fully saturated rings. The third kappa shape index (κ3) is 3.91. The number of fused-ring (bicyclic) bond motifs is 1. The lowest BCUT2D eigenvalue weighted by molar-refractivity contribution is -0.114. The number of carbonyl (C=O) groups excluding carboxylic acids is 1. The minimum Gasteiger partial charge on any atom is -0.492 e. The number of carbonyl (C=O) groups is 1. The molecule has 1 aliphatic heterocycles. The van der Waals surface area contributed by atoms with Crippen molar-refractivity contribution in [2.24, 2.45) is 0 Å². The van der Waals surface area contributed by atoms with Crippen LogP contribution in [-0.4, -0.2) is 17.2 Å². The van der Waals surface area contributed by atoms with Gasteiger partial charge in [0.05, 0.1) is 9.65 Å². The fraction of sp³-hybridized carbons (Fsp3) is 0.417. The summed E-state index contributed by atoms with van der Waals surface area (Å²) in [6, 6.07) is 8.11. The summed E-state index contributed by atoms with van der Waals surface area (Å²) in [4.78, 5) is 10.2. The lowest BCUT2D eigenvalue weighted by Crippen LogP contribution is -2.22. The van der Waals surface area contributed by atoms with E-state index in [1.54, 1.807) is 0 Å². The second kappa shape index (κ2) is 6.40. The number of halogens is 2. The van der Waals surface area contributed by atoms with E-state index in [0.717, 1.165) is 12.4 Å². The minimum atomic E-state index is 0.167. The Labute approximate surface area is 113 Å². The molecular weight excluding hydrogens is 336 g/mol. The summed E-state index contributed by atoms with van der Waals surface area (Å²) >= 11 is 7.18. The van der Waals surface area contributed by atoms with Gasteiger partial charge in [0.2, 0.25) is 0 Å². The number of rotatable bonds is 0. The van der Waals surface area contributed by atoms with Gasteiger partial charge in [0.15, 0.2) is 0 Å². The van der Waals surface area contributed by atoms with Crippen LogP contribution in [0.2, 0.25) is 0 Å². The maximum atomic E-state index is 9.44. The Hall–Kier alpha value is -0.350. The molecule has 0 N–H and O–H groups in total. The molecule has 88 valence electrons. The molecule has 16 heavy (non-hydrogen) atoms. The molecule has 1 aliphatic rings. The van der Waals surface area contributed by atoms with Gasteiger partial charge in [-0.1, -0.05) is 50.1 Å². The quantitative estimate of drug-likeness (QED) is 0.664. The number of para-hydroxylation sites is 1. The maximum Gasteiger partial charge on any atom is 0.126 e. The zero-order chi connectivity index (χ0) is 12.1. The topological polar surface area (TPSA) is 26.3 Å². The average Bonchev–Trinajstić information content (AvgIpc) is 2.23. The average molecular weight is 350 g/mol. The lowest BCUT2D eigenvalue weighted by Gasteiger charge is -2.26. The van der Waals surface area contributed by atoms with Crippen LogP contribution in [0.5, 0.6) is 5.75 Å². The van der Waals surface area contributed by atoms with Crippen LogP contribution in [0, 0.1) is 0 Å². The highest BCUT2D eigenvalue weighted by Crippen LogP contribution is 2.40. The van der Waals surface area contributed by atoms with Gasteiger partial charge in [-0.3, -0.25) is 0 Å². The van der Waals surface area contributed by atoms with Gasteiger partial charge < -0.3 is 9.53 Å². The first-order valence-corrected chi connectivity index (χ1v) is 6.82. The number of hydrogen-bond donors (Lipinski definition) is 0. The van der Waals surface area contributed by atoms with E-state index in [9.17, 15) is 4.79 Å². The lowest BCUT2D eigenvalue weighted by atomic mass is 10.1. The van der Waals surface area contributed by atoms with Crippen LogP contribution in [0.25, 0.3) is 0 Å². The van der Waals surface area contributed by atoms with Gasteiger partial charge >= 0.3 is 0 Å². The molecule has 4 heteroatoms. The van der Waals surface area contributed by atoms with Gasteiger partial charge in [-0.15, -0.1) is 0 Å². The molecule has 0 bridgehead atoms. The minimum absolute atomic E-state index is 0.167. The first-order chi connectivity index (χ1) is 7.52. The summed E-state index contributed by atoms with van der Waals surface area (Å²) in [5.41, 5.74) is 1.23. The molecule has 1 heterocycles. The third-order valence-electron chi connectivity index (χ3n) is 1.93. The highest BCUT2D eigenvalue weighted by atomic mass is 79.9. The number of alkyl halides is 2. The van der Waals surface area contributed by atoms with Crippen LogP contribution in [0.3, 0.4) is 0 Å². The second-order valence-corrected chi connectivity index (χ2v) is 5.84. The van der Waals surface area contributed by atoms with Crippen molar-refractivity contribution in [3.63, 3.8) is 0 Å². The summed E-state index contributed by atoms with van der Waals surface area (Å²) in [6.45, 7) is 3.78. The molecule has 1 aromatic rings. The van der Waals surface area contributed by atoms with E-state index in [2.05, 4.69) is 37.9 Å². The van der Waals surface area contributed by atoms with Crippen molar-refractivity contribution in [2.45, 2.75) is 23.5 Å². The first-order valence-electron chi connectivity index (χ1n) is 4.99. The molecule has 0 saturated carbocycles. The van der Waals surface area contributed by atoms with Gasteiger partial charge in [0.25, 0.3) is 0 Å². The Morgan fingerprint density at radius 2 is 1.88 bits per heavy atom. The Balaban J connectivity index is 0.000000280. The number of ether oxygens (including phenoxy) is 1. The van der Waals surface area contributed by atoms with Crippen LogP contribution in [0.15, 0.2) is 24.3 Å². The summed E-state index contributed by atoms with van der Waals surface area (Å²) in [5.74, 6) is 1.16. The normalized spacial score (nSPS) is 22.2. The zero-order valence-electron chi connectivity index (χ0n) is 9.24. The summed E-state index contributed by atoms with van der Waals surface area (Å²) in [7, 11) is 0. The first kappa shape index (κ1) is 13.7. The molecule has 2 atom stereocenters. The van der Waals surface area contributed by atoms with Crippen LogP contribution in [0.1, 0.15) is 24.2 Å². The third-order valence-corrected chi connectivity index (χ3v) is 4.57. The molecule has 2 rings (SSSR count). The standard InChI is InChI=1S/C9H8Br2O.C3H6O/c10-7-5-12-8-4-2-1-3-6(8)9(7)11;1-3(2)4/h1-4,7,9H,5H2;1-2H3. The molecule has 2 nitrogen and oxygen atoms in total. The van der Waals surface area contributed by atoms with Gasteiger partial charge in [-0.05, 0) is 19.9 Å².